The molecule has 14 heavy (non-hydrogen) atoms. The molecule has 2 heterocycles. The van der Waals surface area contributed by atoms with Crippen LogP contribution in [0.2, 0.25) is 0 Å². The lowest BCUT2D eigenvalue weighted by molar-refractivity contribution is -0.123. The number of hydrogen-bond donors (Lipinski definition) is 1. The highest BCUT2D eigenvalue weighted by Crippen LogP contribution is 2.21. The van der Waals surface area contributed by atoms with E-state index in [-0.39, 0.29) is 11.9 Å². The van der Waals surface area contributed by atoms with Crippen LogP contribution in [0.1, 0.15) is 12.8 Å². The standard InChI is InChI=1S/C10H14N2OS/c1-12(8-4-6-14-7-8)9-3-2-5-11-10(9)13/h4,6-7,9H,2-3,5H2,1H3,(H,11,13). The molecule has 1 fully saturated rings. The van der Waals surface area contributed by atoms with E-state index in [1.165, 1.54) is 0 Å². The van der Waals surface area contributed by atoms with Crippen LogP contribution < -0.4 is 10.2 Å². The zero-order chi connectivity index (χ0) is 9.97. The highest BCUT2D eigenvalue weighted by Gasteiger charge is 2.26. The van der Waals surface area contributed by atoms with Crippen LogP contribution in [0.15, 0.2) is 16.8 Å². The van der Waals surface area contributed by atoms with Crippen LogP contribution >= 0.6 is 11.3 Å². The molecule has 0 bridgehead atoms. The first-order chi connectivity index (χ1) is 6.79. The summed E-state index contributed by atoms with van der Waals surface area (Å²) in [5.74, 6) is 0.157. The highest BCUT2D eigenvalue weighted by molar-refractivity contribution is 7.08. The molecule has 0 saturated carbocycles. The lowest BCUT2D eigenvalue weighted by Crippen LogP contribution is -2.49. The summed E-state index contributed by atoms with van der Waals surface area (Å²) in [6.45, 7) is 0.826. The summed E-state index contributed by atoms with van der Waals surface area (Å²) in [6, 6.07) is 2.06. The van der Waals surface area contributed by atoms with Gasteiger partial charge in [0.2, 0.25) is 5.91 Å². The zero-order valence-corrected chi connectivity index (χ0v) is 9.01. The first-order valence-corrected chi connectivity index (χ1v) is 5.76. The summed E-state index contributed by atoms with van der Waals surface area (Å²) in [4.78, 5) is 13.6. The van der Waals surface area contributed by atoms with E-state index in [0.29, 0.717) is 0 Å². The van der Waals surface area contributed by atoms with Gasteiger partial charge >= 0.3 is 0 Å². The van der Waals surface area contributed by atoms with Crippen molar-refractivity contribution in [1.82, 2.24) is 5.32 Å². The number of carbonyl (C=O) groups excluding carboxylic acids is 1. The maximum atomic E-state index is 11.6. The van der Waals surface area contributed by atoms with E-state index < -0.39 is 0 Å². The average molecular weight is 210 g/mol. The van der Waals surface area contributed by atoms with Gasteiger partial charge in [0.1, 0.15) is 6.04 Å². The molecule has 1 N–H and O–H groups in total. The van der Waals surface area contributed by atoms with Crippen LogP contribution in [0.25, 0.3) is 0 Å². The molecule has 1 aliphatic heterocycles. The molecule has 1 aromatic rings. The Morgan fingerprint density at radius 3 is 3.14 bits per heavy atom. The van der Waals surface area contributed by atoms with Crippen molar-refractivity contribution in [2.75, 3.05) is 18.5 Å². The second-order valence-electron chi connectivity index (χ2n) is 3.54. The molecule has 1 aliphatic rings. The van der Waals surface area contributed by atoms with E-state index in [4.69, 9.17) is 0 Å². The summed E-state index contributed by atoms with van der Waals surface area (Å²) in [7, 11) is 1.98. The summed E-state index contributed by atoms with van der Waals surface area (Å²) in [5.41, 5.74) is 1.14. The summed E-state index contributed by atoms with van der Waals surface area (Å²) >= 11 is 1.66. The molecule has 0 radical (unpaired) electrons. The molecule has 0 aromatic carbocycles. The Labute approximate surface area is 87.7 Å². The van der Waals surface area contributed by atoms with Gasteiger partial charge in [0.05, 0.1) is 0 Å². The Kier molecular flexibility index (Phi) is 2.72. The number of hydrogen-bond acceptors (Lipinski definition) is 3. The zero-order valence-electron chi connectivity index (χ0n) is 8.19. The molecule has 76 valence electrons. The predicted octanol–water partition coefficient (Wildman–Crippen LogP) is 1.46. The molecule has 1 saturated heterocycles. The van der Waals surface area contributed by atoms with Crippen LogP contribution in [0.5, 0.6) is 0 Å². The van der Waals surface area contributed by atoms with E-state index in [0.717, 1.165) is 25.1 Å². The fourth-order valence-corrected chi connectivity index (χ4v) is 2.44. The SMILES string of the molecule is CN(c1ccsc1)C1CCCNC1=O. The largest absolute Gasteiger partial charge is 0.362 e. The van der Waals surface area contributed by atoms with Crippen molar-refractivity contribution in [3.63, 3.8) is 0 Å². The number of nitrogens with zero attached hydrogens (tertiary/aromatic N) is 1. The van der Waals surface area contributed by atoms with E-state index >= 15 is 0 Å². The third-order valence-electron chi connectivity index (χ3n) is 2.64. The van der Waals surface area contributed by atoms with Crippen LogP contribution in [-0.2, 0) is 4.79 Å². The monoisotopic (exact) mass is 210 g/mol. The normalized spacial score (nSPS) is 21.8. The number of nitrogens with one attached hydrogen (secondary N) is 1. The number of anilines is 1. The predicted molar refractivity (Wildman–Crippen MR) is 58.8 cm³/mol. The van der Waals surface area contributed by atoms with Gasteiger partial charge in [-0.15, -0.1) is 0 Å². The summed E-state index contributed by atoms with van der Waals surface area (Å²) in [6.07, 6.45) is 2.03. The molecule has 1 aromatic heterocycles. The lowest BCUT2D eigenvalue weighted by atomic mass is 10.1. The van der Waals surface area contributed by atoms with Gasteiger partial charge in [0, 0.05) is 24.7 Å². The molecule has 1 atom stereocenters. The van der Waals surface area contributed by atoms with Crippen molar-refractivity contribution in [1.29, 1.82) is 0 Å². The van der Waals surface area contributed by atoms with Crippen molar-refractivity contribution >= 4 is 22.9 Å². The first-order valence-electron chi connectivity index (χ1n) is 4.82. The fourth-order valence-electron chi connectivity index (χ4n) is 1.76. The molecule has 4 heteroatoms. The van der Waals surface area contributed by atoms with E-state index in [1.807, 2.05) is 18.5 Å². The van der Waals surface area contributed by atoms with Crippen molar-refractivity contribution in [3.05, 3.63) is 16.8 Å². The molecular formula is C10H14N2OS. The Morgan fingerprint density at radius 2 is 2.50 bits per heavy atom. The van der Waals surface area contributed by atoms with Crippen molar-refractivity contribution in [3.8, 4) is 0 Å². The Morgan fingerprint density at radius 1 is 1.64 bits per heavy atom. The quantitative estimate of drug-likeness (QED) is 0.801. The third-order valence-corrected chi connectivity index (χ3v) is 3.31. The van der Waals surface area contributed by atoms with Crippen molar-refractivity contribution in [2.45, 2.75) is 18.9 Å². The number of thiophene rings is 1. The maximum absolute atomic E-state index is 11.6. The number of amides is 1. The average Bonchev–Trinajstić information content (AvgIpc) is 2.70. The molecular weight excluding hydrogens is 196 g/mol. The maximum Gasteiger partial charge on any atom is 0.242 e. The van der Waals surface area contributed by atoms with E-state index in [1.54, 1.807) is 11.3 Å². The van der Waals surface area contributed by atoms with Gasteiger partial charge < -0.3 is 10.2 Å². The Hall–Kier alpha value is -1.03. The Bertz CT molecular complexity index is 310. The minimum Gasteiger partial charge on any atom is -0.362 e. The minimum atomic E-state index is 0.0124. The molecule has 1 unspecified atom stereocenters. The molecule has 0 aliphatic carbocycles. The van der Waals surface area contributed by atoms with Crippen molar-refractivity contribution < 1.29 is 4.79 Å². The second-order valence-corrected chi connectivity index (χ2v) is 4.32. The summed E-state index contributed by atoms with van der Waals surface area (Å²) in [5, 5.41) is 7.00. The van der Waals surface area contributed by atoms with Crippen LogP contribution in [0.3, 0.4) is 0 Å². The molecule has 0 spiro atoms. The lowest BCUT2D eigenvalue weighted by Gasteiger charge is -2.31. The number of likely N-dealkylation sites (N-methyl/N-ethyl adjacent to an activating group) is 1. The van der Waals surface area contributed by atoms with E-state index in [9.17, 15) is 4.79 Å². The van der Waals surface area contributed by atoms with Gasteiger partial charge in [0.25, 0.3) is 0 Å². The highest BCUT2D eigenvalue weighted by atomic mass is 32.1. The number of piperidine rings is 1. The second kappa shape index (κ2) is 4.00. The van der Waals surface area contributed by atoms with Gasteiger partial charge in [0.15, 0.2) is 0 Å². The minimum absolute atomic E-state index is 0.0124. The van der Waals surface area contributed by atoms with Crippen molar-refractivity contribution in [2.24, 2.45) is 0 Å². The Balaban J connectivity index is 2.10. The summed E-state index contributed by atoms with van der Waals surface area (Å²) < 4.78 is 0. The van der Waals surface area contributed by atoms with Gasteiger partial charge in [-0.05, 0) is 24.3 Å². The molecule has 2 rings (SSSR count). The van der Waals surface area contributed by atoms with Gasteiger partial charge in [-0.1, -0.05) is 0 Å². The van der Waals surface area contributed by atoms with Gasteiger partial charge in [-0.3, -0.25) is 4.79 Å². The fraction of sp³-hybridized carbons (Fsp3) is 0.500. The smallest absolute Gasteiger partial charge is 0.242 e. The number of carbonyl (C=O) groups is 1. The number of rotatable bonds is 2. The molecule has 1 amide bonds. The first kappa shape index (κ1) is 9.52. The van der Waals surface area contributed by atoms with Gasteiger partial charge in [-0.25, -0.2) is 0 Å². The van der Waals surface area contributed by atoms with Crippen LogP contribution in [-0.4, -0.2) is 25.5 Å². The van der Waals surface area contributed by atoms with Gasteiger partial charge in [-0.2, -0.15) is 11.3 Å². The third kappa shape index (κ3) is 1.75. The van der Waals surface area contributed by atoms with E-state index in [2.05, 4.69) is 15.6 Å². The molecule has 3 nitrogen and oxygen atoms in total. The topological polar surface area (TPSA) is 32.3 Å². The van der Waals surface area contributed by atoms with Crippen LogP contribution in [0.4, 0.5) is 5.69 Å². The van der Waals surface area contributed by atoms with Crippen LogP contribution in [0, 0.1) is 0 Å².